The van der Waals surface area contributed by atoms with Crippen molar-refractivity contribution in [3.8, 4) is 0 Å². The number of carbonyl (C=O) groups excluding carboxylic acids is 1. The van der Waals surface area contributed by atoms with Gasteiger partial charge in [0.05, 0.1) is 0 Å². The predicted octanol–water partition coefficient (Wildman–Crippen LogP) is 2.32. The highest BCUT2D eigenvalue weighted by Gasteiger charge is 2.38. The summed E-state index contributed by atoms with van der Waals surface area (Å²) in [5.41, 5.74) is 1.18. The number of carbonyl (C=O) groups is 1. The fourth-order valence-electron chi connectivity index (χ4n) is 4.05. The predicted molar refractivity (Wildman–Crippen MR) is 90.8 cm³/mol. The van der Waals surface area contributed by atoms with Gasteiger partial charge in [-0.3, -0.25) is 4.79 Å². The van der Waals surface area contributed by atoms with Crippen LogP contribution in [0.15, 0.2) is 30.3 Å². The highest BCUT2D eigenvalue weighted by atomic mass is 16.3. The lowest BCUT2D eigenvalue weighted by Crippen LogP contribution is -2.49. The van der Waals surface area contributed by atoms with Crippen molar-refractivity contribution < 1.29 is 9.90 Å². The second kappa shape index (κ2) is 7.45. The number of benzene rings is 1. The lowest BCUT2D eigenvalue weighted by Gasteiger charge is -2.35. The summed E-state index contributed by atoms with van der Waals surface area (Å²) in [5.74, 6) is 0.574. The Balaban J connectivity index is 1.62. The van der Waals surface area contributed by atoms with Gasteiger partial charge in [0.1, 0.15) is 0 Å². The van der Waals surface area contributed by atoms with Gasteiger partial charge in [-0.15, -0.1) is 0 Å². The van der Waals surface area contributed by atoms with Crippen molar-refractivity contribution in [1.82, 2.24) is 10.2 Å². The number of nitrogens with one attached hydrogen (secondary N) is 1. The summed E-state index contributed by atoms with van der Waals surface area (Å²) >= 11 is 0. The fourth-order valence-corrected chi connectivity index (χ4v) is 4.05. The summed E-state index contributed by atoms with van der Waals surface area (Å²) in [7, 11) is 0. The number of aliphatic hydroxyl groups excluding tert-OH is 1. The molecule has 0 radical (unpaired) electrons. The van der Waals surface area contributed by atoms with E-state index in [2.05, 4.69) is 24.4 Å². The van der Waals surface area contributed by atoms with Gasteiger partial charge in [0.25, 0.3) is 0 Å². The van der Waals surface area contributed by atoms with E-state index >= 15 is 0 Å². The summed E-state index contributed by atoms with van der Waals surface area (Å²) in [6.45, 7) is 3.08. The Labute approximate surface area is 138 Å². The molecule has 1 aliphatic carbocycles. The van der Waals surface area contributed by atoms with Crippen molar-refractivity contribution in [2.75, 3.05) is 6.61 Å². The topological polar surface area (TPSA) is 52.6 Å². The molecule has 4 nitrogen and oxygen atoms in total. The van der Waals surface area contributed by atoms with Crippen LogP contribution in [0.3, 0.4) is 0 Å². The number of rotatable bonds is 5. The molecule has 1 aliphatic heterocycles. The largest absolute Gasteiger partial charge is 0.396 e. The lowest BCUT2D eigenvalue weighted by molar-refractivity contribution is -0.129. The molecule has 0 aromatic heterocycles. The van der Waals surface area contributed by atoms with Crippen molar-refractivity contribution in [2.24, 2.45) is 5.92 Å². The molecule has 2 aliphatic rings. The van der Waals surface area contributed by atoms with Crippen LogP contribution in [0, 0.1) is 5.92 Å². The average Bonchev–Trinajstić information content (AvgIpc) is 2.84. The molecule has 0 spiro atoms. The van der Waals surface area contributed by atoms with Crippen LogP contribution in [0.4, 0.5) is 0 Å². The monoisotopic (exact) mass is 316 g/mol. The van der Waals surface area contributed by atoms with Gasteiger partial charge < -0.3 is 15.3 Å². The molecule has 4 heteroatoms. The molecule has 23 heavy (non-hydrogen) atoms. The summed E-state index contributed by atoms with van der Waals surface area (Å²) < 4.78 is 0. The zero-order valence-corrected chi connectivity index (χ0v) is 13.9. The molecule has 4 unspecified atom stereocenters. The van der Waals surface area contributed by atoms with Gasteiger partial charge in [0, 0.05) is 37.7 Å². The highest BCUT2D eigenvalue weighted by Crippen LogP contribution is 2.28. The Morgan fingerprint density at radius 3 is 2.65 bits per heavy atom. The number of hydrogen-bond acceptors (Lipinski definition) is 3. The van der Waals surface area contributed by atoms with E-state index in [1.807, 2.05) is 23.1 Å². The first kappa shape index (κ1) is 16.5. The smallest absolute Gasteiger partial charge is 0.224 e. The second-order valence-corrected chi connectivity index (χ2v) is 7.06. The minimum absolute atomic E-state index is 0.198. The van der Waals surface area contributed by atoms with Crippen LogP contribution in [0.2, 0.25) is 0 Å². The summed E-state index contributed by atoms with van der Waals surface area (Å²) in [5, 5.41) is 13.3. The minimum atomic E-state index is 0.198. The number of likely N-dealkylation sites (tertiary alicyclic amines) is 1. The summed E-state index contributed by atoms with van der Waals surface area (Å²) in [6.07, 6.45) is 5.21. The van der Waals surface area contributed by atoms with E-state index < -0.39 is 0 Å². The lowest BCUT2D eigenvalue weighted by atomic mass is 9.84. The Bertz CT molecular complexity index is 519. The van der Waals surface area contributed by atoms with Crippen LogP contribution in [0.1, 0.15) is 44.6 Å². The molecule has 3 rings (SSSR count). The van der Waals surface area contributed by atoms with Crippen LogP contribution >= 0.6 is 0 Å². The molecular weight excluding hydrogens is 288 g/mol. The minimum Gasteiger partial charge on any atom is -0.396 e. The number of aliphatic hydroxyl groups is 1. The zero-order valence-electron chi connectivity index (χ0n) is 13.9. The van der Waals surface area contributed by atoms with Crippen molar-refractivity contribution >= 4 is 5.91 Å². The SMILES string of the molecule is CC1C(NC2CCCCC2CO)CC(=O)N1Cc1ccccc1. The van der Waals surface area contributed by atoms with Crippen LogP contribution < -0.4 is 5.32 Å². The third-order valence-electron chi connectivity index (χ3n) is 5.56. The molecule has 1 aromatic rings. The zero-order chi connectivity index (χ0) is 16.2. The molecule has 1 aromatic carbocycles. The fraction of sp³-hybridized carbons (Fsp3) is 0.632. The number of hydrogen-bond donors (Lipinski definition) is 2. The second-order valence-electron chi connectivity index (χ2n) is 7.06. The first-order valence-corrected chi connectivity index (χ1v) is 8.89. The van der Waals surface area contributed by atoms with Crippen LogP contribution in [0.25, 0.3) is 0 Å². The van der Waals surface area contributed by atoms with Crippen LogP contribution in [-0.2, 0) is 11.3 Å². The molecule has 1 amide bonds. The summed E-state index contributed by atoms with van der Waals surface area (Å²) in [4.78, 5) is 14.4. The standard InChI is InChI=1S/C19H28N2O2/c1-14-18(20-17-10-6-5-9-16(17)13-22)11-19(23)21(14)12-15-7-3-2-4-8-15/h2-4,7-8,14,16-18,20,22H,5-6,9-13H2,1H3. The van der Waals surface area contributed by atoms with Crippen molar-refractivity contribution in [3.63, 3.8) is 0 Å². The molecular formula is C19H28N2O2. The van der Waals surface area contributed by atoms with Crippen molar-refractivity contribution in [3.05, 3.63) is 35.9 Å². The van der Waals surface area contributed by atoms with E-state index in [9.17, 15) is 9.90 Å². The third kappa shape index (κ3) is 3.75. The Kier molecular flexibility index (Phi) is 5.34. The van der Waals surface area contributed by atoms with Gasteiger partial charge in [-0.25, -0.2) is 0 Å². The van der Waals surface area contributed by atoms with E-state index in [1.54, 1.807) is 0 Å². The molecule has 2 N–H and O–H groups in total. The van der Waals surface area contributed by atoms with Gasteiger partial charge in [-0.2, -0.15) is 0 Å². The maximum atomic E-state index is 12.4. The van der Waals surface area contributed by atoms with E-state index in [4.69, 9.17) is 0 Å². The molecule has 0 bridgehead atoms. The number of nitrogens with zero attached hydrogens (tertiary/aromatic N) is 1. The average molecular weight is 316 g/mol. The maximum Gasteiger partial charge on any atom is 0.224 e. The molecule has 1 saturated carbocycles. The Hall–Kier alpha value is -1.39. The number of amides is 1. The molecule has 126 valence electrons. The van der Waals surface area contributed by atoms with Crippen molar-refractivity contribution in [1.29, 1.82) is 0 Å². The molecule has 1 heterocycles. The summed E-state index contributed by atoms with van der Waals surface area (Å²) in [6, 6.07) is 10.9. The quantitative estimate of drug-likeness (QED) is 0.876. The van der Waals surface area contributed by atoms with E-state index in [0.717, 1.165) is 12.8 Å². The first-order valence-electron chi connectivity index (χ1n) is 8.89. The first-order chi connectivity index (χ1) is 11.2. The van der Waals surface area contributed by atoms with E-state index in [1.165, 1.54) is 18.4 Å². The van der Waals surface area contributed by atoms with Gasteiger partial charge >= 0.3 is 0 Å². The van der Waals surface area contributed by atoms with Gasteiger partial charge in [0.2, 0.25) is 5.91 Å². The molecule has 4 atom stereocenters. The Morgan fingerprint density at radius 2 is 1.91 bits per heavy atom. The third-order valence-corrected chi connectivity index (χ3v) is 5.56. The van der Waals surface area contributed by atoms with Crippen molar-refractivity contribution in [2.45, 2.75) is 63.7 Å². The van der Waals surface area contributed by atoms with Gasteiger partial charge in [-0.05, 0) is 31.2 Å². The maximum absolute atomic E-state index is 12.4. The Morgan fingerprint density at radius 1 is 1.17 bits per heavy atom. The van der Waals surface area contributed by atoms with Gasteiger partial charge in [-0.1, -0.05) is 43.2 Å². The molecule has 1 saturated heterocycles. The normalized spacial score (nSPS) is 31.6. The van der Waals surface area contributed by atoms with Crippen LogP contribution in [0.5, 0.6) is 0 Å². The molecule has 2 fully saturated rings. The van der Waals surface area contributed by atoms with Crippen LogP contribution in [-0.4, -0.2) is 40.6 Å². The van der Waals surface area contributed by atoms with E-state index in [-0.39, 0.29) is 24.6 Å². The van der Waals surface area contributed by atoms with Gasteiger partial charge in [0.15, 0.2) is 0 Å². The van der Waals surface area contributed by atoms with E-state index in [0.29, 0.717) is 24.9 Å². The highest BCUT2D eigenvalue weighted by molar-refractivity contribution is 5.80.